The van der Waals surface area contributed by atoms with Gasteiger partial charge in [0.15, 0.2) is 0 Å². The first kappa shape index (κ1) is 13.8. The number of rotatable bonds is 4. The maximum Gasteiger partial charge on any atom is 0.306 e. The first-order valence-electron chi connectivity index (χ1n) is 7.27. The summed E-state index contributed by atoms with van der Waals surface area (Å²) in [6.07, 6.45) is 7.53. The second-order valence-electron chi connectivity index (χ2n) is 5.75. The highest BCUT2D eigenvalue weighted by atomic mass is 16.5. The van der Waals surface area contributed by atoms with Gasteiger partial charge in [0.25, 0.3) is 0 Å². The Morgan fingerprint density at radius 1 is 1.22 bits per heavy atom. The molecule has 1 saturated heterocycles. The van der Waals surface area contributed by atoms with E-state index in [0.29, 0.717) is 18.2 Å². The van der Waals surface area contributed by atoms with E-state index < -0.39 is 5.97 Å². The van der Waals surface area contributed by atoms with Crippen LogP contribution in [0.3, 0.4) is 0 Å². The van der Waals surface area contributed by atoms with Gasteiger partial charge in [-0.2, -0.15) is 0 Å². The molecule has 2 N–H and O–H groups in total. The molecule has 0 aromatic heterocycles. The SMILES string of the molecule is CC(NC1CCC(C(=O)O)CC1)C1CCCCO1. The summed E-state index contributed by atoms with van der Waals surface area (Å²) < 4.78 is 5.78. The zero-order chi connectivity index (χ0) is 13.0. The largest absolute Gasteiger partial charge is 0.481 e. The van der Waals surface area contributed by atoms with Crippen LogP contribution in [0.25, 0.3) is 0 Å². The van der Waals surface area contributed by atoms with Crippen molar-refractivity contribution in [1.29, 1.82) is 0 Å². The van der Waals surface area contributed by atoms with Gasteiger partial charge < -0.3 is 15.2 Å². The highest BCUT2D eigenvalue weighted by Crippen LogP contribution is 2.25. The Kier molecular flexibility index (Phi) is 5.01. The summed E-state index contributed by atoms with van der Waals surface area (Å²) in [5, 5.41) is 12.6. The first-order chi connectivity index (χ1) is 8.66. The molecule has 4 nitrogen and oxygen atoms in total. The Bertz CT molecular complexity index is 268. The molecule has 1 heterocycles. The summed E-state index contributed by atoms with van der Waals surface area (Å²) in [7, 11) is 0. The number of aliphatic carboxylic acids is 1. The number of carbonyl (C=O) groups is 1. The topological polar surface area (TPSA) is 58.6 Å². The van der Waals surface area contributed by atoms with Gasteiger partial charge in [-0.05, 0) is 51.9 Å². The van der Waals surface area contributed by atoms with Crippen molar-refractivity contribution in [3.63, 3.8) is 0 Å². The maximum absolute atomic E-state index is 10.9. The fraction of sp³-hybridized carbons (Fsp3) is 0.929. The quantitative estimate of drug-likeness (QED) is 0.808. The molecule has 1 saturated carbocycles. The Morgan fingerprint density at radius 2 is 1.94 bits per heavy atom. The zero-order valence-corrected chi connectivity index (χ0v) is 11.2. The van der Waals surface area contributed by atoms with Crippen LogP contribution in [0.15, 0.2) is 0 Å². The van der Waals surface area contributed by atoms with Gasteiger partial charge in [0.2, 0.25) is 0 Å². The lowest BCUT2D eigenvalue weighted by molar-refractivity contribution is -0.142. The number of nitrogens with one attached hydrogen (secondary N) is 1. The van der Waals surface area contributed by atoms with Crippen molar-refractivity contribution < 1.29 is 14.6 Å². The minimum absolute atomic E-state index is 0.121. The molecule has 1 aliphatic carbocycles. The summed E-state index contributed by atoms with van der Waals surface area (Å²) >= 11 is 0. The molecule has 2 aliphatic rings. The third kappa shape index (κ3) is 3.69. The van der Waals surface area contributed by atoms with E-state index in [-0.39, 0.29) is 5.92 Å². The fourth-order valence-electron chi connectivity index (χ4n) is 3.15. The molecule has 104 valence electrons. The molecule has 0 aromatic carbocycles. The number of carboxylic acid groups (broad SMARTS) is 1. The number of carboxylic acids is 1. The Morgan fingerprint density at radius 3 is 2.50 bits per heavy atom. The first-order valence-corrected chi connectivity index (χ1v) is 7.27. The normalized spacial score (nSPS) is 35.1. The van der Waals surface area contributed by atoms with E-state index in [1.807, 2.05) is 0 Å². The minimum atomic E-state index is -0.628. The van der Waals surface area contributed by atoms with E-state index in [4.69, 9.17) is 9.84 Å². The van der Waals surface area contributed by atoms with E-state index in [9.17, 15) is 4.79 Å². The average Bonchev–Trinajstić information content (AvgIpc) is 2.40. The summed E-state index contributed by atoms with van der Waals surface area (Å²) in [6, 6.07) is 0.859. The lowest BCUT2D eigenvalue weighted by atomic mass is 9.85. The van der Waals surface area contributed by atoms with Gasteiger partial charge in [-0.15, -0.1) is 0 Å². The molecule has 2 fully saturated rings. The molecule has 0 spiro atoms. The van der Waals surface area contributed by atoms with Gasteiger partial charge in [0, 0.05) is 18.7 Å². The van der Waals surface area contributed by atoms with Crippen LogP contribution in [-0.4, -0.2) is 35.9 Å². The van der Waals surface area contributed by atoms with Crippen LogP contribution in [-0.2, 0) is 9.53 Å². The smallest absolute Gasteiger partial charge is 0.306 e. The van der Waals surface area contributed by atoms with Crippen LogP contribution >= 0.6 is 0 Å². The van der Waals surface area contributed by atoms with Gasteiger partial charge in [-0.25, -0.2) is 0 Å². The number of ether oxygens (including phenoxy) is 1. The van der Waals surface area contributed by atoms with Crippen LogP contribution in [0.1, 0.15) is 51.9 Å². The zero-order valence-electron chi connectivity index (χ0n) is 11.2. The average molecular weight is 255 g/mol. The van der Waals surface area contributed by atoms with Crippen LogP contribution in [0.2, 0.25) is 0 Å². The molecular formula is C14H25NO3. The predicted molar refractivity (Wildman–Crippen MR) is 69.6 cm³/mol. The van der Waals surface area contributed by atoms with Crippen molar-refractivity contribution >= 4 is 5.97 Å². The third-order valence-electron chi connectivity index (χ3n) is 4.35. The molecule has 0 radical (unpaired) electrons. The lowest BCUT2D eigenvalue weighted by Gasteiger charge is -2.34. The van der Waals surface area contributed by atoms with Gasteiger partial charge >= 0.3 is 5.97 Å². The minimum Gasteiger partial charge on any atom is -0.481 e. The molecule has 1 aliphatic heterocycles. The van der Waals surface area contributed by atoms with Crippen molar-refractivity contribution in [3.8, 4) is 0 Å². The second kappa shape index (κ2) is 6.53. The van der Waals surface area contributed by atoms with Gasteiger partial charge in [0.05, 0.1) is 12.0 Å². The molecular weight excluding hydrogens is 230 g/mol. The Labute approximate surface area is 109 Å². The van der Waals surface area contributed by atoms with E-state index in [1.54, 1.807) is 0 Å². The fourth-order valence-corrected chi connectivity index (χ4v) is 3.15. The highest BCUT2D eigenvalue weighted by Gasteiger charge is 2.28. The van der Waals surface area contributed by atoms with Gasteiger partial charge in [0.1, 0.15) is 0 Å². The number of hydrogen-bond donors (Lipinski definition) is 2. The lowest BCUT2D eigenvalue weighted by Crippen LogP contribution is -2.47. The van der Waals surface area contributed by atoms with Crippen LogP contribution in [0.4, 0.5) is 0 Å². The van der Waals surface area contributed by atoms with Crippen LogP contribution < -0.4 is 5.32 Å². The molecule has 18 heavy (non-hydrogen) atoms. The van der Waals surface area contributed by atoms with Crippen molar-refractivity contribution in [2.75, 3.05) is 6.61 Å². The third-order valence-corrected chi connectivity index (χ3v) is 4.35. The van der Waals surface area contributed by atoms with Crippen molar-refractivity contribution in [2.45, 2.75) is 70.1 Å². The number of hydrogen-bond acceptors (Lipinski definition) is 3. The monoisotopic (exact) mass is 255 g/mol. The molecule has 2 unspecified atom stereocenters. The molecule has 2 rings (SSSR count). The maximum atomic E-state index is 10.9. The van der Waals surface area contributed by atoms with Crippen molar-refractivity contribution in [2.24, 2.45) is 5.92 Å². The van der Waals surface area contributed by atoms with E-state index >= 15 is 0 Å². The van der Waals surface area contributed by atoms with Crippen LogP contribution in [0.5, 0.6) is 0 Å². The summed E-state index contributed by atoms with van der Waals surface area (Å²) in [4.78, 5) is 10.9. The van der Waals surface area contributed by atoms with Crippen molar-refractivity contribution in [1.82, 2.24) is 5.32 Å². The summed E-state index contributed by atoms with van der Waals surface area (Å²) in [6.45, 7) is 3.09. The van der Waals surface area contributed by atoms with E-state index in [1.165, 1.54) is 12.8 Å². The summed E-state index contributed by atoms with van der Waals surface area (Å²) in [5.41, 5.74) is 0. The molecule has 0 bridgehead atoms. The molecule has 0 amide bonds. The van der Waals surface area contributed by atoms with Crippen LogP contribution in [0, 0.1) is 5.92 Å². The van der Waals surface area contributed by atoms with Crippen molar-refractivity contribution in [3.05, 3.63) is 0 Å². The standard InChI is InChI=1S/C14H25NO3/c1-10(13-4-2-3-9-18-13)15-12-7-5-11(6-8-12)14(16)17/h10-13,15H,2-9H2,1H3,(H,16,17). The molecule has 0 aromatic rings. The van der Waals surface area contributed by atoms with E-state index in [0.717, 1.165) is 38.7 Å². The summed E-state index contributed by atoms with van der Waals surface area (Å²) in [5.74, 6) is -0.749. The Balaban J connectivity index is 1.71. The Hall–Kier alpha value is -0.610. The molecule has 2 atom stereocenters. The van der Waals surface area contributed by atoms with Gasteiger partial charge in [-0.3, -0.25) is 4.79 Å². The van der Waals surface area contributed by atoms with Gasteiger partial charge in [-0.1, -0.05) is 0 Å². The second-order valence-corrected chi connectivity index (χ2v) is 5.75. The molecule has 4 heteroatoms. The highest BCUT2D eigenvalue weighted by molar-refractivity contribution is 5.70. The predicted octanol–water partition coefficient (Wildman–Crippen LogP) is 2.18. The van der Waals surface area contributed by atoms with E-state index in [2.05, 4.69) is 12.2 Å².